The summed E-state index contributed by atoms with van der Waals surface area (Å²) in [5.41, 5.74) is 6.39. The molecule has 3 atom stereocenters. The highest BCUT2D eigenvalue weighted by Gasteiger charge is 2.55. The van der Waals surface area contributed by atoms with E-state index in [0.29, 0.717) is 10.6 Å². The molecule has 3 N–H and O–H groups in total. The summed E-state index contributed by atoms with van der Waals surface area (Å²) in [5, 5.41) is 23.5. The Labute approximate surface area is 161 Å². The molecule has 2 aromatic rings. The van der Waals surface area contributed by atoms with Gasteiger partial charge in [-0.25, -0.2) is 0 Å². The van der Waals surface area contributed by atoms with E-state index in [4.69, 9.17) is 18.0 Å². The minimum Gasteiger partial charge on any atom is -0.392 e. The van der Waals surface area contributed by atoms with Crippen LogP contribution in [0.25, 0.3) is 0 Å². The zero-order valence-corrected chi connectivity index (χ0v) is 15.2. The van der Waals surface area contributed by atoms with Gasteiger partial charge in [0.25, 0.3) is 0 Å². The van der Waals surface area contributed by atoms with Crippen molar-refractivity contribution >= 4 is 29.8 Å². The van der Waals surface area contributed by atoms with Gasteiger partial charge in [0.05, 0.1) is 39.7 Å². The monoisotopic (exact) mass is 378 g/mol. The zero-order valence-electron chi connectivity index (χ0n) is 13.5. The number of nitrogens with two attached hydrogens (primary N) is 1. The van der Waals surface area contributed by atoms with Crippen molar-refractivity contribution in [1.29, 1.82) is 10.5 Å². The van der Waals surface area contributed by atoms with Gasteiger partial charge in [-0.1, -0.05) is 24.4 Å². The Hall–Kier alpha value is -2.94. The molecular weight excluding hydrogens is 364 g/mol. The van der Waals surface area contributed by atoms with E-state index in [1.165, 1.54) is 0 Å². The molecule has 128 valence electrons. The molecule has 0 aliphatic carbocycles. The van der Waals surface area contributed by atoms with Crippen LogP contribution in [0.1, 0.15) is 23.1 Å². The number of aromatic nitrogens is 2. The Kier molecular flexibility index (Phi) is 4.90. The van der Waals surface area contributed by atoms with Gasteiger partial charge < -0.3 is 11.1 Å². The lowest BCUT2D eigenvalue weighted by Crippen LogP contribution is -2.52. The Morgan fingerprint density at radius 3 is 2.27 bits per heavy atom. The largest absolute Gasteiger partial charge is 0.392 e. The number of nitriles is 2. The highest BCUT2D eigenvalue weighted by Crippen LogP contribution is 2.53. The molecule has 0 radical (unpaired) electrons. The number of thiol groups is 1. The topological polar surface area (TPSA) is 111 Å². The Morgan fingerprint density at radius 2 is 1.81 bits per heavy atom. The molecule has 6 nitrogen and oxygen atoms in total. The number of thiocarbonyl (C=S) groups is 1. The molecule has 0 amide bonds. The fourth-order valence-corrected chi connectivity index (χ4v) is 3.90. The van der Waals surface area contributed by atoms with Crippen molar-refractivity contribution in [3.8, 4) is 12.1 Å². The van der Waals surface area contributed by atoms with Crippen LogP contribution in [-0.2, 0) is 0 Å². The first-order chi connectivity index (χ1) is 12.6. The maximum absolute atomic E-state index is 10.2. The maximum Gasteiger partial charge on any atom is 0.143 e. The van der Waals surface area contributed by atoms with Crippen molar-refractivity contribution in [3.63, 3.8) is 0 Å². The van der Waals surface area contributed by atoms with Gasteiger partial charge in [-0.3, -0.25) is 9.97 Å². The third kappa shape index (κ3) is 2.70. The van der Waals surface area contributed by atoms with E-state index in [1.807, 2.05) is 6.07 Å². The van der Waals surface area contributed by atoms with Crippen LogP contribution in [0, 0.1) is 28.1 Å². The second kappa shape index (κ2) is 7.12. The fraction of sp³-hybridized carbons (Fsp3) is 0.167. The van der Waals surface area contributed by atoms with Gasteiger partial charge in [-0.15, -0.1) is 12.6 Å². The Morgan fingerprint density at radius 1 is 1.19 bits per heavy atom. The summed E-state index contributed by atoms with van der Waals surface area (Å²) in [4.78, 5) is 8.25. The molecule has 0 saturated carbocycles. The zero-order chi connectivity index (χ0) is 18.7. The van der Waals surface area contributed by atoms with Crippen LogP contribution in [0.3, 0.4) is 0 Å². The van der Waals surface area contributed by atoms with E-state index in [0.717, 1.165) is 5.56 Å². The van der Waals surface area contributed by atoms with Crippen LogP contribution in [0.4, 0.5) is 0 Å². The van der Waals surface area contributed by atoms with Crippen molar-refractivity contribution < 1.29 is 0 Å². The van der Waals surface area contributed by atoms with Crippen molar-refractivity contribution in [2.24, 2.45) is 11.1 Å². The molecular formula is C18H14N6S2. The molecule has 0 unspecified atom stereocenters. The van der Waals surface area contributed by atoms with Crippen LogP contribution in [0.15, 0.2) is 59.7 Å². The van der Waals surface area contributed by atoms with E-state index in [2.05, 4.69) is 40.1 Å². The quantitative estimate of drug-likeness (QED) is 0.555. The SMILES string of the molecule is N#CC1=C(S)N[C@@H](c2cccnc2)[C@@](C#N)(C(N)=S)[C@H]1c1cccnc1. The fourth-order valence-electron chi connectivity index (χ4n) is 3.31. The number of rotatable bonds is 3. The van der Waals surface area contributed by atoms with Gasteiger partial charge in [-0.2, -0.15) is 10.5 Å². The molecule has 2 aromatic heterocycles. The third-order valence-corrected chi connectivity index (χ3v) is 5.19. The second-order valence-corrected chi connectivity index (χ2v) is 6.69. The number of hydrogen-bond acceptors (Lipinski definition) is 7. The number of nitrogens with one attached hydrogen (secondary N) is 1. The highest BCUT2D eigenvalue weighted by molar-refractivity contribution is 7.84. The summed E-state index contributed by atoms with van der Waals surface area (Å²) in [6.07, 6.45) is 6.51. The van der Waals surface area contributed by atoms with E-state index >= 15 is 0 Å². The van der Waals surface area contributed by atoms with Crippen LogP contribution in [0.2, 0.25) is 0 Å². The van der Waals surface area contributed by atoms with Crippen LogP contribution in [0.5, 0.6) is 0 Å². The van der Waals surface area contributed by atoms with Crippen LogP contribution in [-0.4, -0.2) is 15.0 Å². The second-order valence-electron chi connectivity index (χ2n) is 5.80. The van der Waals surface area contributed by atoms with Crippen LogP contribution >= 0.6 is 24.8 Å². The lowest BCUT2D eigenvalue weighted by atomic mass is 9.62. The number of nitrogens with zero attached hydrogens (tertiary/aromatic N) is 4. The van der Waals surface area contributed by atoms with E-state index in [9.17, 15) is 10.5 Å². The number of pyridine rings is 2. The molecule has 8 heteroatoms. The average molecular weight is 378 g/mol. The molecule has 3 heterocycles. The smallest absolute Gasteiger partial charge is 0.143 e. The van der Waals surface area contributed by atoms with Gasteiger partial charge in [-0.05, 0) is 23.3 Å². The summed E-state index contributed by atoms with van der Waals surface area (Å²) in [6, 6.07) is 11.0. The molecule has 0 aromatic carbocycles. The minimum atomic E-state index is -1.39. The first kappa shape index (κ1) is 17.9. The summed E-state index contributed by atoms with van der Waals surface area (Å²) in [6.45, 7) is 0. The van der Waals surface area contributed by atoms with E-state index < -0.39 is 17.4 Å². The normalized spacial score (nSPS) is 24.9. The van der Waals surface area contributed by atoms with Gasteiger partial charge in [0.15, 0.2) is 0 Å². The lowest BCUT2D eigenvalue weighted by Gasteiger charge is -2.45. The van der Waals surface area contributed by atoms with Crippen molar-refractivity contribution in [2.45, 2.75) is 12.0 Å². The first-order valence-electron chi connectivity index (χ1n) is 7.67. The third-order valence-electron chi connectivity index (χ3n) is 4.48. The number of allylic oxidation sites excluding steroid dienone is 1. The van der Waals surface area contributed by atoms with E-state index in [-0.39, 0.29) is 10.6 Å². The Bertz CT molecular complexity index is 945. The van der Waals surface area contributed by atoms with E-state index in [1.54, 1.807) is 43.0 Å². The Balaban J connectivity index is 2.34. The minimum absolute atomic E-state index is 0.0104. The molecule has 3 rings (SSSR count). The van der Waals surface area contributed by atoms with Gasteiger partial charge in [0, 0.05) is 24.8 Å². The highest BCUT2D eigenvalue weighted by atomic mass is 32.1. The molecule has 1 aliphatic heterocycles. The maximum atomic E-state index is 10.2. The summed E-state index contributed by atoms with van der Waals surface area (Å²) in [5.74, 6) is -0.706. The molecule has 26 heavy (non-hydrogen) atoms. The van der Waals surface area contributed by atoms with Gasteiger partial charge >= 0.3 is 0 Å². The molecule has 0 saturated heterocycles. The van der Waals surface area contributed by atoms with Crippen molar-refractivity contribution in [3.05, 3.63) is 70.8 Å². The summed E-state index contributed by atoms with van der Waals surface area (Å²) >= 11 is 9.79. The molecule has 0 fully saturated rings. The lowest BCUT2D eigenvalue weighted by molar-refractivity contribution is 0.332. The van der Waals surface area contributed by atoms with Crippen LogP contribution < -0.4 is 11.1 Å². The van der Waals surface area contributed by atoms with Crippen molar-refractivity contribution in [1.82, 2.24) is 15.3 Å². The predicted molar refractivity (Wildman–Crippen MR) is 104 cm³/mol. The van der Waals surface area contributed by atoms with Crippen molar-refractivity contribution in [2.75, 3.05) is 0 Å². The standard InChI is InChI=1S/C18H14N6S2/c19-7-13-14(11-3-1-5-22-8-11)18(10-20,17(21)26)15(24-16(13)25)12-4-2-6-23-9-12/h1-6,8-9,14-15,24-25H,(H2,21,26)/t14-,15-,18-/m0/s1. The first-order valence-corrected chi connectivity index (χ1v) is 8.52. The summed E-state index contributed by atoms with van der Waals surface area (Å²) in [7, 11) is 0. The predicted octanol–water partition coefficient (Wildman–Crippen LogP) is 2.37. The summed E-state index contributed by atoms with van der Waals surface area (Å²) < 4.78 is 0. The molecule has 0 spiro atoms. The van der Waals surface area contributed by atoms with Gasteiger partial charge in [0.1, 0.15) is 5.41 Å². The average Bonchev–Trinajstić information content (AvgIpc) is 2.68. The molecule has 1 aliphatic rings. The number of hydrogen-bond donors (Lipinski definition) is 3. The molecule has 0 bridgehead atoms. The van der Waals surface area contributed by atoms with Gasteiger partial charge in [0.2, 0.25) is 0 Å².